The Hall–Kier alpha value is -0.120. The van der Waals surface area contributed by atoms with Crippen molar-refractivity contribution in [3.05, 3.63) is 0 Å². The molecule has 2 rings (SSSR count). The number of aliphatic hydroxyl groups is 1. The summed E-state index contributed by atoms with van der Waals surface area (Å²) in [6, 6.07) is 0. The normalized spacial score (nSPS) is 37.0. The predicted octanol–water partition coefficient (Wildman–Crippen LogP) is 1.99. The molecule has 18 heavy (non-hydrogen) atoms. The van der Waals surface area contributed by atoms with E-state index < -0.39 is 5.60 Å². The number of likely N-dealkylation sites (tertiary alicyclic amines) is 1. The highest BCUT2D eigenvalue weighted by Gasteiger charge is 2.53. The molecule has 2 aliphatic rings. The lowest BCUT2D eigenvalue weighted by molar-refractivity contribution is -0.117. The zero-order chi connectivity index (χ0) is 13.2. The van der Waals surface area contributed by atoms with Crippen LogP contribution in [-0.4, -0.2) is 41.8 Å². The minimum atomic E-state index is -0.503. The van der Waals surface area contributed by atoms with Gasteiger partial charge in [-0.3, -0.25) is 0 Å². The average Bonchev–Trinajstić information content (AvgIpc) is 2.76. The number of piperidine rings is 1. The van der Waals surface area contributed by atoms with Gasteiger partial charge in [-0.25, -0.2) is 0 Å². The summed E-state index contributed by atoms with van der Waals surface area (Å²) in [6.45, 7) is 8.43. The molecule has 0 aromatic heterocycles. The Labute approximate surface area is 112 Å². The van der Waals surface area contributed by atoms with Crippen molar-refractivity contribution in [1.29, 1.82) is 0 Å². The molecule has 2 unspecified atom stereocenters. The van der Waals surface area contributed by atoms with Crippen molar-refractivity contribution in [3.63, 3.8) is 0 Å². The lowest BCUT2D eigenvalue weighted by Crippen LogP contribution is -2.57. The molecule has 1 saturated carbocycles. The van der Waals surface area contributed by atoms with Gasteiger partial charge < -0.3 is 15.7 Å². The standard InChI is InChI=1S/C15H30N2O/c1-3-8-17-9-6-15(18,7-10-17)14(12-16)5-4-13(2)11-14/h13,18H,3-12,16H2,1-2H3. The molecule has 0 amide bonds. The van der Waals surface area contributed by atoms with Gasteiger partial charge in [-0.15, -0.1) is 0 Å². The highest BCUT2D eigenvalue weighted by molar-refractivity contribution is 5.05. The van der Waals surface area contributed by atoms with E-state index in [1.165, 1.54) is 19.4 Å². The molecule has 1 aliphatic heterocycles. The minimum Gasteiger partial charge on any atom is -0.389 e. The average molecular weight is 254 g/mol. The van der Waals surface area contributed by atoms with Crippen LogP contribution in [0.2, 0.25) is 0 Å². The van der Waals surface area contributed by atoms with Gasteiger partial charge in [0.05, 0.1) is 5.60 Å². The van der Waals surface area contributed by atoms with E-state index in [0.717, 1.165) is 44.7 Å². The second-order valence-corrected chi connectivity index (χ2v) is 6.71. The number of hydrogen-bond acceptors (Lipinski definition) is 3. The summed E-state index contributed by atoms with van der Waals surface area (Å²) in [6.07, 6.45) is 6.51. The van der Waals surface area contributed by atoms with Gasteiger partial charge in [-0.2, -0.15) is 0 Å². The third-order valence-electron chi connectivity index (χ3n) is 5.46. The molecule has 2 atom stereocenters. The lowest BCUT2D eigenvalue weighted by atomic mass is 9.65. The van der Waals surface area contributed by atoms with Gasteiger partial charge in [-0.1, -0.05) is 20.3 Å². The summed E-state index contributed by atoms with van der Waals surface area (Å²) < 4.78 is 0. The van der Waals surface area contributed by atoms with Crippen LogP contribution in [0.3, 0.4) is 0 Å². The Bertz CT molecular complexity index is 274. The van der Waals surface area contributed by atoms with Gasteiger partial charge in [-0.05, 0) is 44.6 Å². The summed E-state index contributed by atoms with van der Waals surface area (Å²) in [5, 5.41) is 11.1. The van der Waals surface area contributed by atoms with E-state index in [2.05, 4.69) is 18.7 Å². The maximum Gasteiger partial charge on any atom is 0.0740 e. The fourth-order valence-corrected chi connectivity index (χ4v) is 4.18. The Morgan fingerprint density at radius 1 is 1.28 bits per heavy atom. The van der Waals surface area contributed by atoms with Crippen LogP contribution < -0.4 is 5.73 Å². The van der Waals surface area contributed by atoms with Crippen LogP contribution in [0.15, 0.2) is 0 Å². The van der Waals surface area contributed by atoms with Crippen LogP contribution >= 0.6 is 0 Å². The summed E-state index contributed by atoms with van der Waals surface area (Å²) >= 11 is 0. The summed E-state index contributed by atoms with van der Waals surface area (Å²) in [4.78, 5) is 2.48. The molecule has 0 aromatic carbocycles. The SMILES string of the molecule is CCCN1CCC(O)(C2(CN)CCC(C)C2)CC1. The topological polar surface area (TPSA) is 49.5 Å². The molecule has 0 bridgehead atoms. The first-order chi connectivity index (χ1) is 8.55. The Morgan fingerprint density at radius 3 is 2.39 bits per heavy atom. The van der Waals surface area contributed by atoms with Gasteiger partial charge in [0, 0.05) is 25.0 Å². The number of hydrogen-bond donors (Lipinski definition) is 2. The van der Waals surface area contributed by atoms with Crippen molar-refractivity contribution in [2.75, 3.05) is 26.2 Å². The third-order valence-corrected chi connectivity index (χ3v) is 5.46. The van der Waals surface area contributed by atoms with Crippen molar-refractivity contribution in [2.24, 2.45) is 17.1 Å². The first-order valence-electron chi connectivity index (χ1n) is 7.70. The van der Waals surface area contributed by atoms with Crippen LogP contribution in [0.5, 0.6) is 0 Å². The molecule has 0 radical (unpaired) electrons. The van der Waals surface area contributed by atoms with Crippen molar-refractivity contribution >= 4 is 0 Å². The van der Waals surface area contributed by atoms with Crippen molar-refractivity contribution in [1.82, 2.24) is 4.90 Å². The Balaban J connectivity index is 2.03. The highest BCUT2D eigenvalue weighted by atomic mass is 16.3. The van der Waals surface area contributed by atoms with Gasteiger partial charge in [0.15, 0.2) is 0 Å². The molecule has 1 aliphatic carbocycles. The fourth-order valence-electron chi connectivity index (χ4n) is 4.18. The monoisotopic (exact) mass is 254 g/mol. The summed E-state index contributed by atoms with van der Waals surface area (Å²) in [7, 11) is 0. The second-order valence-electron chi connectivity index (χ2n) is 6.71. The molecule has 3 heteroatoms. The van der Waals surface area contributed by atoms with E-state index in [-0.39, 0.29) is 5.41 Å². The Kier molecular flexibility index (Phi) is 4.35. The first kappa shape index (κ1) is 14.3. The largest absolute Gasteiger partial charge is 0.389 e. The van der Waals surface area contributed by atoms with Gasteiger partial charge in [0.2, 0.25) is 0 Å². The van der Waals surface area contributed by atoms with Crippen LogP contribution in [0.25, 0.3) is 0 Å². The van der Waals surface area contributed by atoms with Crippen molar-refractivity contribution in [2.45, 2.75) is 58.0 Å². The summed E-state index contributed by atoms with van der Waals surface area (Å²) in [5.41, 5.74) is 5.57. The minimum absolute atomic E-state index is 0.00468. The Morgan fingerprint density at radius 2 is 1.94 bits per heavy atom. The molecule has 1 heterocycles. The van der Waals surface area contributed by atoms with Crippen LogP contribution in [-0.2, 0) is 0 Å². The quantitative estimate of drug-likeness (QED) is 0.806. The molecule has 106 valence electrons. The molecular weight excluding hydrogens is 224 g/mol. The molecular formula is C15H30N2O. The zero-order valence-corrected chi connectivity index (χ0v) is 12.1. The molecule has 3 N–H and O–H groups in total. The fraction of sp³-hybridized carbons (Fsp3) is 1.00. The molecule has 1 saturated heterocycles. The maximum atomic E-state index is 11.1. The molecule has 0 aromatic rings. The van der Waals surface area contributed by atoms with Gasteiger partial charge >= 0.3 is 0 Å². The smallest absolute Gasteiger partial charge is 0.0740 e. The molecule has 3 nitrogen and oxygen atoms in total. The van der Waals surface area contributed by atoms with E-state index in [4.69, 9.17) is 5.73 Å². The third kappa shape index (κ3) is 2.45. The number of nitrogens with zero attached hydrogens (tertiary/aromatic N) is 1. The van der Waals surface area contributed by atoms with E-state index in [9.17, 15) is 5.11 Å². The second kappa shape index (κ2) is 5.48. The predicted molar refractivity (Wildman–Crippen MR) is 75.4 cm³/mol. The maximum absolute atomic E-state index is 11.1. The van der Waals surface area contributed by atoms with Gasteiger partial charge in [0.25, 0.3) is 0 Å². The van der Waals surface area contributed by atoms with Gasteiger partial charge in [0.1, 0.15) is 0 Å². The number of nitrogens with two attached hydrogens (primary N) is 1. The highest BCUT2D eigenvalue weighted by Crippen LogP contribution is 2.51. The van der Waals surface area contributed by atoms with E-state index >= 15 is 0 Å². The van der Waals surface area contributed by atoms with Crippen LogP contribution in [0.4, 0.5) is 0 Å². The molecule has 0 spiro atoms. The van der Waals surface area contributed by atoms with E-state index in [0.29, 0.717) is 6.54 Å². The van der Waals surface area contributed by atoms with E-state index in [1.54, 1.807) is 0 Å². The van der Waals surface area contributed by atoms with Crippen LogP contribution in [0, 0.1) is 11.3 Å². The molecule has 2 fully saturated rings. The zero-order valence-electron chi connectivity index (χ0n) is 12.1. The number of rotatable bonds is 4. The van der Waals surface area contributed by atoms with Crippen molar-refractivity contribution < 1.29 is 5.11 Å². The van der Waals surface area contributed by atoms with Crippen molar-refractivity contribution in [3.8, 4) is 0 Å². The van der Waals surface area contributed by atoms with Crippen LogP contribution in [0.1, 0.15) is 52.4 Å². The first-order valence-corrected chi connectivity index (χ1v) is 7.70. The summed E-state index contributed by atoms with van der Waals surface area (Å²) in [5.74, 6) is 0.728. The lowest BCUT2D eigenvalue weighted by Gasteiger charge is -2.49. The van der Waals surface area contributed by atoms with E-state index in [1.807, 2.05) is 0 Å².